The fourth-order valence-corrected chi connectivity index (χ4v) is 4.25. The molecule has 0 radical (unpaired) electrons. The van der Waals surface area contributed by atoms with Gasteiger partial charge in [-0.2, -0.15) is 5.10 Å². The van der Waals surface area contributed by atoms with E-state index in [-0.39, 0.29) is 11.9 Å². The third-order valence-corrected chi connectivity index (χ3v) is 5.79. The summed E-state index contributed by atoms with van der Waals surface area (Å²) in [7, 11) is 0. The minimum atomic E-state index is -0.231. The van der Waals surface area contributed by atoms with Gasteiger partial charge in [-0.05, 0) is 30.7 Å². The van der Waals surface area contributed by atoms with Crippen LogP contribution in [0.5, 0.6) is 0 Å². The number of aromatic nitrogens is 1. The molecule has 25 heavy (non-hydrogen) atoms. The van der Waals surface area contributed by atoms with Gasteiger partial charge in [-0.3, -0.25) is 0 Å². The number of hydrazone groups is 1. The number of hydrogen-bond donors (Lipinski definition) is 0. The molecule has 1 unspecified atom stereocenters. The summed E-state index contributed by atoms with van der Waals surface area (Å²) in [5.41, 5.74) is 4.07. The van der Waals surface area contributed by atoms with E-state index in [1.165, 1.54) is 12.1 Å². The highest BCUT2D eigenvalue weighted by molar-refractivity contribution is 9.10. The lowest BCUT2D eigenvalue weighted by molar-refractivity contribution is 0.624. The summed E-state index contributed by atoms with van der Waals surface area (Å²) in [6, 6.07) is 14.7. The van der Waals surface area contributed by atoms with Crippen LogP contribution < -0.4 is 5.01 Å². The van der Waals surface area contributed by atoms with Crippen molar-refractivity contribution in [2.45, 2.75) is 19.4 Å². The summed E-state index contributed by atoms with van der Waals surface area (Å²) in [6.07, 6.45) is 0.743. The van der Waals surface area contributed by atoms with E-state index < -0.39 is 0 Å². The first-order valence-corrected chi connectivity index (χ1v) is 9.58. The molecule has 0 fully saturated rings. The number of thiazole rings is 1. The lowest BCUT2D eigenvalue weighted by Gasteiger charge is -2.21. The molecule has 0 spiro atoms. The first-order chi connectivity index (χ1) is 12.1. The Kier molecular flexibility index (Phi) is 4.39. The zero-order valence-electron chi connectivity index (χ0n) is 13.5. The molecule has 0 amide bonds. The minimum absolute atomic E-state index is 0.00764. The monoisotopic (exact) mass is 415 g/mol. The summed E-state index contributed by atoms with van der Waals surface area (Å²) in [5, 5.41) is 9.69. The fraction of sp³-hybridized carbons (Fsp3) is 0.158. The van der Waals surface area contributed by atoms with Gasteiger partial charge in [-0.15, -0.1) is 11.3 Å². The smallest absolute Gasteiger partial charge is 0.206 e. The second-order valence-electron chi connectivity index (χ2n) is 5.91. The summed E-state index contributed by atoms with van der Waals surface area (Å²) in [6.45, 7) is 1.97. The molecule has 4 rings (SSSR count). The molecule has 0 bridgehead atoms. The van der Waals surface area contributed by atoms with Crippen LogP contribution in [-0.2, 0) is 0 Å². The summed E-state index contributed by atoms with van der Waals surface area (Å²) in [5.74, 6) is -0.231. The third kappa shape index (κ3) is 3.24. The van der Waals surface area contributed by atoms with Gasteiger partial charge in [-0.25, -0.2) is 14.4 Å². The van der Waals surface area contributed by atoms with Gasteiger partial charge in [0, 0.05) is 21.8 Å². The quantitative estimate of drug-likeness (QED) is 0.547. The van der Waals surface area contributed by atoms with Crippen molar-refractivity contribution in [3.05, 3.63) is 81.0 Å². The van der Waals surface area contributed by atoms with Crippen LogP contribution in [0.2, 0.25) is 0 Å². The van der Waals surface area contributed by atoms with Crippen molar-refractivity contribution >= 4 is 38.1 Å². The lowest BCUT2D eigenvalue weighted by Crippen LogP contribution is -2.18. The van der Waals surface area contributed by atoms with E-state index >= 15 is 0 Å². The van der Waals surface area contributed by atoms with Crippen LogP contribution >= 0.6 is 27.3 Å². The summed E-state index contributed by atoms with van der Waals surface area (Å²) in [4.78, 5) is 4.59. The standard InChI is InChI=1S/C19H15BrFN3S/c1-12-11-25-19(22-12)24-18(13-6-8-14(21)9-7-13)10-17(23-24)15-4-2-3-5-16(15)20/h2-9,11,18H,10H2,1H3. The van der Waals surface area contributed by atoms with E-state index in [1.807, 2.05) is 47.6 Å². The van der Waals surface area contributed by atoms with Crippen LogP contribution in [0.15, 0.2) is 63.5 Å². The average Bonchev–Trinajstić information content (AvgIpc) is 3.22. The van der Waals surface area contributed by atoms with Gasteiger partial charge in [0.2, 0.25) is 5.13 Å². The number of nitrogens with zero attached hydrogens (tertiary/aromatic N) is 3. The molecule has 1 aromatic heterocycles. The van der Waals surface area contributed by atoms with Crippen LogP contribution in [-0.4, -0.2) is 10.7 Å². The van der Waals surface area contributed by atoms with Crippen molar-refractivity contribution < 1.29 is 4.39 Å². The highest BCUT2D eigenvalue weighted by Crippen LogP contribution is 2.38. The first kappa shape index (κ1) is 16.4. The Balaban J connectivity index is 1.76. The van der Waals surface area contributed by atoms with Crippen LogP contribution in [0.1, 0.15) is 29.3 Å². The molecule has 6 heteroatoms. The second kappa shape index (κ2) is 6.69. The van der Waals surface area contributed by atoms with Crippen molar-refractivity contribution in [2.75, 3.05) is 5.01 Å². The van der Waals surface area contributed by atoms with Crippen molar-refractivity contribution in [2.24, 2.45) is 5.10 Å². The van der Waals surface area contributed by atoms with Crippen LogP contribution in [0.25, 0.3) is 0 Å². The van der Waals surface area contributed by atoms with Crippen molar-refractivity contribution in [1.29, 1.82) is 0 Å². The Morgan fingerprint density at radius 1 is 1.16 bits per heavy atom. The number of hydrogen-bond acceptors (Lipinski definition) is 4. The molecule has 1 aliphatic rings. The molecular weight excluding hydrogens is 401 g/mol. The molecule has 0 aliphatic carbocycles. The molecule has 3 aromatic rings. The third-order valence-electron chi connectivity index (χ3n) is 4.15. The molecule has 1 aliphatic heterocycles. The molecule has 3 nitrogen and oxygen atoms in total. The van der Waals surface area contributed by atoms with E-state index in [0.29, 0.717) is 0 Å². The Hall–Kier alpha value is -2.05. The number of rotatable bonds is 3. The molecule has 1 atom stereocenters. The van der Waals surface area contributed by atoms with E-state index in [0.717, 1.165) is 38.6 Å². The fourth-order valence-electron chi connectivity index (χ4n) is 2.94. The lowest BCUT2D eigenvalue weighted by atomic mass is 9.98. The molecule has 2 aromatic carbocycles. The van der Waals surface area contributed by atoms with Gasteiger partial charge in [0.05, 0.1) is 17.4 Å². The van der Waals surface area contributed by atoms with Gasteiger partial charge in [0.1, 0.15) is 5.82 Å². The van der Waals surface area contributed by atoms with Gasteiger partial charge in [0.15, 0.2) is 0 Å². The van der Waals surface area contributed by atoms with Gasteiger partial charge < -0.3 is 0 Å². The highest BCUT2D eigenvalue weighted by Gasteiger charge is 2.32. The maximum Gasteiger partial charge on any atom is 0.206 e. The molecule has 0 saturated heterocycles. The highest BCUT2D eigenvalue weighted by atomic mass is 79.9. The van der Waals surface area contributed by atoms with Crippen LogP contribution in [0, 0.1) is 12.7 Å². The molecule has 126 valence electrons. The summed E-state index contributed by atoms with van der Waals surface area (Å²) >= 11 is 5.18. The van der Waals surface area contributed by atoms with E-state index in [1.54, 1.807) is 11.3 Å². The van der Waals surface area contributed by atoms with Crippen molar-refractivity contribution in [3.8, 4) is 0 Å². The maximum absolute atomic E-state index is 13.3. The van der Waals surface area contributed by atoms with Crippen LogP contribution in [0.3, 0.4) is 0 Å². The number of anilines is 1. The Bertz CT molecular complexity index is 936. The van der Waals surface area contributed by atoms with E-state index in [9.17, 15) is 4.39 Å². The zero-order chi connectivity index (χ0) is 17.4. The van der Waals surface area contributed by atoms with Gasteiger partial charge in [-0.1, -0.05) is 46.3 Å². The Morgan fingerprint density at radius 2 is 1.92 bits per heavy atom. The predicted octanol–water partition coefficient (Wildman–Crippen LogP) is 5.71. The molecule has 0 saturated carbocycles. The molecular formula is C19H15BrFN3S. The number of halogens is 2. The van der Waals surface area contributed by atoms with Crippen LogP contribution in [0.4, 0.5) is 9.52 Å². The van der Waals surface area contributed by atoms with E-state index in [4.69, 9.17) is 5.10 Å². The molecule has 0 N–H and O–H groups in total. The Labute approximate surface area is 158 Å². The SMILES string of the molecule is Cc1csc(N2N=C(c3ccccc3Br)CC2c2ccc(F)cc2)n1. The largest absolute Gasteiger partial charge is 0.231 e. The first-order valence-electron chi connectivity index (χ1n) is 7.91. The maximum atomic E-state index is 13.3. The topological polar surface area (TPSA) is 28.5 Å². The van der Waals surface area contributed by atoms with Crippen molar-refractivity contribution in [3.63, 3.8) is 0 Å². The minimum Gasteiger partial charge on any atom is -0.231 e. The summed E-state index contributed by atoms with van der Waals surface area (Å²) < 4.78 is 14.4. The van der Waals surface area contributed by atoms with Crippen molar-refractivity contribution in [1.82, 2.24) is 4.98 Å². The second-order valence-corrected chi connectivity index (χ2v) is 7.60. The normalized spacial score (nSPS) is 17.0. The zero-order valence-corrected chi connectivity index (χ0v) is 15.9. The number of benzene rings is 2. The number of aryl methyl sites for hydroxylation is 1. The van der Waals surface area contributed by atoms with Gasteiger partial charge >= 0.3 is 0 Å². The Morgan fingerprint density at radius 3 is 2.60 bits per heavy atom. The predicted molar refractivity (Wildman–Crippen MR) is 104 cm³/mol. The van der Waals surface area contributed by atoms with Gasteiger partial charge in [0.25, 0.3) is 0 Å². The average molecular weight is 416 g/mol. The van der Waals surface area contributed by atoms with E-state index in [2.05, 4.69) is 27.0 Å². The molecule has 2 heterocycles.